The molecule has 1 aromatic rings. The summed E-state index contributed by atoms with van der Waals surface area (Å²) in [7, 11) is 5.82. The highest BCUT2D eigenvalue weighted by Gasteiger charge is 2.22. The van der Waals surface area contributed by atoms with E-state index in [1.54, 1.807) is 7.11 Å². The van der Waals surface area contributed by atoms with Crippen LogP contribution >= 0.6 is 24.0 Å². The predicted molar refractivity (Wildman–Crippen MR) is 124 cm³/mol. The van der Waals surface area contributed by atoms with Gasteiger partial charge in [-0.05, 0) is 56.6 Å². The second-order valence-electron chi connectivity index (χ2n) is 7.37. The lowest BCUT2D eigenvalue weighted by molar-refractivity contribution is 0.209. The molecule has 0 spiro atoms. The maximum atomic E-state index is 5.25. The predicted octanol–water partition coefficient (Wildman–Crippen LogP) is 2.35. The van der Waals surface area contributed by atoms with Crippen LogP contribution in [0.25, 0.3) is 0 Å². The van der Waals surface area contributed by atoms with E-state index in [0.29, 0.717) is 0 Å². The number of hydrogen-bond acceptors (Lipinski definition) is 4. The van der Waals surface area contributed by atoms with Crippen molar-refractivity contribution >= 4 is 35.6 Å². The van der Waals surface area contributed by atoms with Gasteiger partial charge in [-0.25, -0.2) is 0 Å². The van der Waals surface area contributed by atoms with E-state index >= 15 is 0 Å². The fourth-order valence-corrected chi connectivity index (χ4v) is 3.98. The van der Waals surface area contributed by atoms with Gasteiger partial charge in [0.05, 0.1) is 7.11 Å². The van der Waals surface area contributed by atoms with Crippen molar-refractivity contribution < 1.29 is 4.74 Å². The van der Waals surface area contributed by atoms with Crippen LogP contribution in [0.5, 0.6) is 5.75 Å². The van der Waals surface area contributed by atoms with Crippen LogP contribution in [0.1, 0.15) is 12.8 Å². The molecule has 0 bridgehead atoms. The second kappa shape index (κ2) is 10.9. The van der Waals surface area contributed by atoms with Crippen molar-refractivity contribution in [3.05, 3.63) is 24.3 Å². The Morgan fingerprint density at radius 1 is 1.15 bits per heavy atom. The smallest absolute Gasteiger partial charge is 0.193 e. The van der Waals surface area contributed by atoms with E-state index in [1.807, 2.05) is 19.2 Å². The molecule has 0 aromatic heterocycles. The third kappa shape index (κ3) is 6.14. The molecular weight excluding hydrogens is 453 g/mol. The zero-order chi connectivity index (χ0) is 18.4. The number of methoxy groups -OCH3 is 1. The summed E-state index contributed by atoms with van der Waals surface area (Å²) in [6.07, 6.45) is 2.63. The Balaban J connectivity index is 0.00000261. The molecular formula is C20H34IN5O. The minimum atomic E-state index is 0. The SMILES string of the molecule is CN=C(NCC1CCCN(C)C1)N1CCN(c2ccc(OC)cc2)CC1.I. The zero-order valence-electron chi connectivity index (χ0n) is 16.9. The van der Waals surface area contributed by atoms with Crippen molar-refractivity contribution in [3.8, 4) is 5.75 Å². The van der Waals surface area contributed by atoms with Gasteiger partial charge in [-0.1, -0.05) is 0 Å². The number of likely N-dealkylation sites (tertiary alicyclic amines) is 1. The van der Waals surface area contributed by atoms with Crippen LogP contribution in [0.2, 0.25) is 0 Å². The topological polar surface area (TPSA) is 43.3 Å². The van der Waals surface area contributed by atoms with E-state index in [2.05, 4.69) is 44.2 Å². The molecule has 2 heterocycles. The largest absolute Gasteiger partial charge is 0.497 e. The van der Waals surface area contributed by atoms with Crippen molar-refractivity contribution in [2.75, 3.05) is 71.9 Å². The summed E-state index contributed by atoms with van der Waals surface area (Å²) < 4.78 is 5.25. The number of aliphatic imine (C=N–C) groups is 1. The molecule has 0 amide bonds. The third-order valence-electron chi connectivity index (χ3n) is 5.50. The molecule has 2 fully saturated rings. The van der Waals surface area contributed by atoms with Gasteiger partial charge in [-0.3, -0.25) is 4.99 Å². The van der Waals surface area contributed by atoms with Gasteiger partial charge in [0.25, 0.3) is 0 Å². The first-order valence-electron chi connectivity index (χ1n) is 9.72. The van der Waals surface area contributed by atoms with E-state index in [1.165, 1.54) is 31.6 Å². The van der Waals surface area contributed by atoms with Gasteiger partial charge >= 0.3 is 0 Å². The Kier molecular flexibility index (Phi) is 8.95. The zero-order valence-corrected chi connectivity index (χ0v) is 19.2. The molecule has 0 aliphatic carbocycles. The number of anilines is 1. The molecule has 7 heteroatoms. The van der Waals surface area contributed by atoms with Crippen LogP contribution in [0.15, 0.2) is 29.3 Å². The highest BCUT2D eigenvalue weighted by molar-refractivity contribution is 14.0. The molecule has 27 heavy (non-hydrogen) atoms. The maximum Gasteiger partial charge on any atom is 0.193 e. The minimum absolute atomic E-state index is 0. The average Bonchev–Trinajstić information content (AvgIpc) is 2.69. The lowest BCUT2D eigenvalue weighted by atomic mass is 9.98. The van der Waals surface area contributed by atoms with Gasteiger partial charge in [-0.15, -0.1) is 24.0 Å². The Bertz CT molecular complexity index is 587. The molecule has 6 nitrogen and oxygen atoms in total. The molecule has 1 unspecified atom stereocenters. The van der Waals surface area contributed by atoms with Gasteiger partial charge in [0, 0.05) is 52.0 Å². The van der Waals surface area contributed by atoms with E-state index in [0.717, 1.165) is 50.4 Å². The van der Waals surface area contributed by atoms with Gasteiger partial charge in [-0.2, -0.15) is 0 Å². The van der Waals surface area contributed by atoms with Gasteiger partial charge in [0.1, 0.15) is 5.75 Å². The number of piperazine rings is 1. The highest BCUT2D eigenvalue weighted by Crippen LogP contribution is 2.20. The number of guanidine groups is 1. The molecule has 2 saturated heterocycles. The van der Waals surface area contributed by atoms with Crippen LogP contribution in [-0.4, -0.2) is 82.8 Å². The van der Waals surface area contributed by atoms with Crippen LogP contribution in [0, 0.1) is 5.92 Å². The standard InChI is InChI=1S/C20H33N5O.HI/c1-21-20(22-15-17-5-4-10-23(2)16-17)25-13-11-24(12-14-25)18-6-8-19(26-3)9-7-18;/h6-9,17H,4-5,10-16H2,1-3H3,(H,21,22);1H. The first-order valence-corrected chi connectivity index (χ1v) is 9.72. The summed E-state index contributed by atoms with van der Waals surface area (Å²) in [6, 6.07) is 8.34. The number of ether oxygens (including phenoxy) is 1. The number of nitrogens with one attached hydrogen (secondary N) is 1. The van der Waals surface area contributed by atoms with E-state index in [-0.39, 0.29) is 24.0 Å². The highest BCUT2D eigenvalue weighted by atomic mass is 127. The lowest BCUT2D eigenvalue weighted by Crippen LogP contribution is -2.53. The summed E-state index contributed by atoms with van der Waals surface area (Å²) in [5.74, 6) is 2.68. The van der Waals surface area contributed by atoms with Gasteiger partial charge < -0.3 is 24.8 Å². The molecule has 0 saturated carbocycles. The van der Waals surface area contributed by atoms with Crippen LogP contribution in [0.3, 0.4) is 0 Å². The summed E-state index contributed by atoms with van der Waals surface area (Å²) in [5, 5.41) is 3.61. The van der Waals surface area contributed by atoms with E-state index in [4.69, 9.17) is 4.74 Å². The molecule has 1 N–H and O–H groups in total. The monoisotopic (exact) mass is 487 g/mol. The number of hydrogen-bond donors (Lipinski definition) is 1. The summed E-state index contributed by atoms with van der Waals surface area (Å²) in [5.41, 5.74) is 1.26. The minimum Gasteiger partial charge on any atom is -0.497 e. The Morgan fingerprint density at radius 3 is 2.44 bits per heavy atom. The molecule has 2 aliphatic rings. The van der Waals surface area contributed by atoms with Gasteiger partial charge in [0.15, 0.2) is 5.96 Å². The molecule has 3 rings (SSSR count). The van der Waals surface area contributed by atoms with Crippen molar-refractivity contribution in [2.24, 2.45) is 10.9 Å². The van der Waals surface area contributed by atoms with Gasteiger partial charge in [0.2, 0.25) is 0 Å². The number of nitrogens with zero attached hydrogens (tertiary/aromatic N) is 4. The average molecular weight is 487 g/mol. The van der Waals surface area contributed by atoms with Crippen molar-refractivity contribution in [2.45, 2.75) is 12.8 Å². The third-order valence-corrected chi connectivity index (χ3v) is 5.50. The maximum absolute atomic E-state index is 5.25. The van der Waals surface area contributed by atoms with E-state index in [9.17, 15) is 0 Å². The first-order chi connectivity index (χ1) is 12.7. The fourth-order valence-electron chi connectivity index (χ4n) is 3.98. The number of rotatable bonds is 4. The molecule has 2 aliphatic heterocycles. The quantitative estimate of drug-likeness (QED) is 0.402. The number of benzene rings is 1. The Hall–Kier alpha value is -1.22. The fraction of sp³-hybridized carbons (Fsp3) is 0.650. The second-order valence-corrected chi connectivity index (χ2v) is 7.37. The number of halogens is 1. The summed E-state index contributed by atoms with van der Waals surface area (Å²) in [4.78, 5) is 11.8. The summed E-state index contributed by atoms with van der Waals surface area (Å²) in [6.45, 7) is 7.47. The first kappa shape index (κ1) is 22.1. The molecule has 1 aromatic carbocycles. The Labute approximate surface area is 181 Å². The van der Waals surface area contributed by atoms with Crippen LogP contribution in [0.4, 0.5) is 5.69 Å². The Morgan fingerprint density at radius 2 is 1.85 bits per heavy atom. The molecule has 152 valence electrons. The van der Waals surface area contributed by atoms with Crippen molar-refractivity contribution in [1.82, 2.24) is 15.1 Å². The van der Waals surface area contributed by atoms with E-state index < -0.39 is 0 Å². The normalized spacial score (nSPS) is 21.6. The molecule has 0 radical (unpaired) electrons. The van der Waals surface area contributed by atoms with Crippen molar-refractivity contribution in [3.63, 3.8) is 0 Å². The number of piperidine rings is 1. The van der Waals surface area contributed by atoms with Crippen LogP contribution in [-0.2, 0) is 0 Å². The molecule has 1 atom stereocenters. The van der Waals surface area contributed by atoms with Crippen molar-refractivity contribution in [1.29, 1.82) is 0 Å². The summed E-state index contributed by atoms with van der Waals surface area (Å²) >= 11 is 0. The van der Waals surface area contributed by atoms with Crippen LogP contribution < -0.4 is 15.0 Å². The lowest BCUT2D eigenvalue weighted by Gasteiger charge is -2.38.